The van der Waals surface area contributed by atoms with Crippen LogP contribution in [0, 0.1) is 12.8 Å². The molecule has 2 aromatic heterocycles. The van der Waals surface area contributed by atoms with Crippen LogP contribution in [-0.2, 0) is 6.54 Å². The number of anilines is 1. The molecule has 1 aliphatic carbocycles. The van der Waals surface area contributed by atoms with Crippen LogP contribution >= 0.6 is 0 Å². The van der Waals surface area contributed by atoms with Gasteiger partial charge in [0.25, 0.3) is 0 Å². The lowest BCUT2D eigenvalue weighted by Crippen LogP contribution is -2.13. The van der Waals surface area contributed by atoms with Crippen molar-refractivity contribution in [3.63, 3.8) is 0 Å². The Bertz CT molecular complexity index is 568. The van der Waals surface area contributed by atoms with Gasteiger partial charge >= 0.3 is 0 Å². The molecule has 0 aliphatic heterocycles. The van der Waals surface area contributed by atoms with E-state index in [1.54, 1.807) is 6.33 Å². The number of aromatic nitrogens is 4. The van der Waals surface area contributed by atoms with Crippen molar-refractivity contribution >= 4 is 16.9 Å². The first-order valence-corrected chi connectivity index (χ1v) is 7.21. The van der Waals surface area contributed by atoms with Crippen LogP contribution in [0.4, 0.5) is 5.82 Å². The molecule has 0 bridgehead atoms. The summed E-state index contributed by atoms with van der Waals surface area (Å²) in [5.74, 6) is 1.73. The van der Waals surface area contributed by atoms with Crippen LogP contribution in [-0.4, -0.2) is 26.3 Å². The lowest BCUT2D eigenvalue weighted by molar-refractivity contribution is 0.578. The fourth-order valence-electron chi connectivity index (χ4n) is 2.98. The number of nitrogens with zero attached hydrogens (tertiary/aromatic N) is 4. The van der Waals surface area contributed by atoms with Gasteiger partial charge in [-0.15, -0.1) is 0 Å². The summed E-state index contributed by atoms with van der Waals surface area (Å²) < 4.78 is 1.99. The van der Waals surface area contributed by atoms with Crippen molar-refractivity contribution in [1.82, 2.24) is 19.7 Å². The number of aryl methyl sites for hydroxylation is 2. The molecule has 0 spiro atoms. The molecule has 2 aromatic rings. The molecule has 0 unspecified atom stereocenters. The Kier molecular flexibility index (Phi) is 3.36. The first kappa shape index (κ1) is 12.4. The van der Waals surface area contributed by atoms with E-state index in [0.29, 0.717) is 0 Å². The molecule has 1 aliphatic rings. The lowest BCUT2D eigenvalue weighted by atomic mass is 10.1. The van der Waals surface area contributed by atoms with Crippen molar-refractivity contribution in [2.24, 2.45) is 5.92 Å². The Balaban J connectivity index is 1.89. The Hall–Kier alpha value is -1.65. The summed E-state index contributed by atoms with van der Waals surface area (Å²) in [5.41, 5.74) is 2.98. The Morgan fingerprint density at radius 1 is 1.32 bits per heavy atom. The maximum atomic E-state index is 4.52. The van der Waals surface area contributed by atoms with Crippen molar-refractivity contribution in [1.29, 1.82) is 0 Å². The third-order valence-corrected chi connectivity index (χ3v) is 4.03. The van der Waals surface area contributed by atoms with Crippen molar-refractivity contribution in [2.45, 2.75) is 46.1 Å². The van der Waals surface area contributed by atoms with Gasteiger partial charge in [0.2, 0.25) is 0 Å². The molecular formula is C14H21N5. The predicted molar refractivity (Wildman–Crippen MR) is 76.2 cm³/mol. The predicted octanol–water partition coefficient (Wildman–Crippen LogP) is 2.76. The average Bonchev–Trinajstić information content (AvgIpc) is 3.05. The zero-order valence-electron chi connectivity index (χ0n) is 11.7. The van der Waals surface area contributed by atoms with E-state index in [1.165, 1.54) is 25.7 Å². The minimum atomic E-state index is 0.795. The van der Waals surface area contributed by atoms with E-state index in [4.69, 9.17) is 0 Å². The van der Waals surface area contributed by atoms with Gasteiger partial charge in [-0.25, -0.2) is 9.97 Å². The summed E-state index contributed by atoms with van der Waals surface area (Å²) in [7, 11) is 0. The van der Waals surface area contributed by atoms with E-state index in [-0.39, 0.29) is 0 Å². The molecule has 1 saturated carbocycles. The smallest absolute Gasteiger partial charge is 0.155 e. The van der Waals surface area contributed by atoms with Crippen LogP contribution in [0.2, 0.25) is 0 Å². The van der Waals surface area contributed by atoms with Crippen LogP contribution in [0.25, 0.3) is 11.0 Å². The van der Waals surface area contributed by atoms with E-state index in [1.807, 2.05) is 11.6 Å². The van der Waals surface area contributed by atoms with Crippen LogP contribution in [0.3, 0.4) is 0 Å². The van der Waals surface area contributed by atoms with E-state index in [2.05, 4.69) is 27.3 Å². The molecule has 0 saturated heterocycles. The highest BCUT2D eigenvalue weighted by Gasteiger charge is 2.17. The van der Waals surface area contributed by atoms with Gasteiger partial charge in [0.1, 0.15) is 17.4 Å². The van der Waals surface area contributed by atoms with Gasteiger partial charge in [0.05, 0.1) is 5.69 Å². The molecule has 0 radical (unpaired) electrons. The van der Waals surface area contributed by atoms with Crippen molar-refractivity contribution in [2.75, 3.05) is 11.9 Å². The fourth-order valence-corrected chi connectivity index (χ4v) is 2.98. The average molecular weight is 259 g/mol. The van der Waals surface area contributed by atoms with Crippen LogP contribution in [0.15, 0.2) is 6.33 Å². The van der Waals surface area contributed by atoms with Crippen molar-refractivity contribution in [3.8, 4) is 0 Å². The van der Waals surface area contributed by atoms with Gasteiger partial charge in [-0.05, 0) is 32.6 Å². The summed E-state index contributed by atoms with van der Waals surface area (Å²) in [6.45, 7) is 5.96. The highest BCUT2D eigenvalue weighted by molar-refractivity contribution is 5.87. The number of hydrogen-bond acceptors (Lipinski definition) is 4. The first-order chi connectivity index (χ1) is 9.29. The number of hydrogen-bond donors (Lipinski definition) is 1. The first-order valence-electron chi connectivity index (χ1n) is 7.21. The summed E-state index contributed by atoms with van der Waals surface area (Å²) in [6, 6.07) is 0. The maximum Gasteiger partial charge on any atom is 0.155 e. The minimum Gasteiger partial charge on any atom is -0.368 e. The number of rotatable bonds is 4. The second-order valence-electron chi connectivity index (χ2n) is 5.35. The number of fused-ring (bicyclic) bond motifs is 1. The Labute approximate surface area is 113 Å². The van der Waals surface area contributed by atoms with E-state index in [0.717, 1.165) is 41.6 Å². The largest absolute Gasteiger partial charge is 0.368 e. The van der Waals surface area contributed by atoms with Gasteiger partial charge in [-0.2, -0.15) is 5.10 Å². The molecule has 102 valence electrons. The third kappa shape index (κ3) is 2.29. The third-order valence-electron chi connectivity index (χ3n) is 4.03. The Morgan fingerprint density at radius 2 is 2.11 bits per heavy atom. The quantitative estimate of drug-likeness (QED) is 0.917. The second-order valence-corrected chi connectivity index (χ2v) is 5.35. The molecular weight excluding hydrogens is 238 g/mol. The van der Waals surface area contributed by atoms with Gasteiger partial charge in [0.15, 0.2) is 5.82 Å². The minimum absolute atomic E-state index is 0.795. The molecule has 5 heteroatoms. The maximum absolute atomic E-state index is 4.52. The van der Waals surface area contributed by atoms with Crippen LogP contribution in [0.1, 0.15) is 38.3 Å². The molecule has 5 nitrogen and oxygen atoms in total. The second kappa shape index (κ2) is 5.15. The van der Waals surface area contributed by atoms with Gasteiger partial charge < -0.3 is 5.32 Å². The fraction of sp³-hybridized carbons (Fsp3) is 0.643. The molecule has 0 amide bonds. The SMILES string of the molecule is CCn1nc(C)c2ncnc(NCC3CCCC3)c21. The topological polar surface area (TPSA) is 55.6 Å². The summed E-state index contributed by atoms with van der Waals surface area (Å²) >= 11 is 0. The van der Waals surface area contributed by atoms with Crippen LogP contribution in [0.5, 0.6) is 0 Å². The van der Waals surface area contributed by atoms with E-state index >= 15 is 0 Å². The molecule has 2 heterocycles. The summed E-state index contributed by atoms with van der Waals surface area (Å²) in [4.78, 5) is 8.76. The molecule has 1 N–H and O–H groups in total. The molecule has 3 rings (SSSR count). The van der Waals surface area contributed by atoms with Gasteiger partial charge in [0, 0.05) is 13.1 Å². The van der Waals surface area contributed by atoms with Gasteiger partial charge in [-0.1, -0.05) is 12.8 Å². The van der Waals surface area contributed by atoms with E-state index < -0.39 is 0 Å². The zero-order valence-corrected chi connectivity index (χ0v) is 11.7. The van der Waals surface area contributed by atoms with E-state index in [9.17, 15) is 0 Å². The molecule has 19 heavy (non-hydrogen) atoms. The van der Waals surface area contributed by atoms with Crippen molar-refractivity contribution in [3.05, 3.63) is 12.0 Å². The monoisotopic (exact) mass is 259 g/mol. The van der Waals surface area contributed by atoms with Crippen molar-refractivity contribution < 1.29 is 0 Å². The number of nitrogens with one attached hydrogen (secondary N) is 1. The standard InChI is InChI=1S/C14H21N5/c1-3-19-13-12(10(2)18-19)16-9-17-14(13)15-8-11-6-4-5-7-11/h9,11H,3-8H2,1-2H3,(H,15,16,17). The molecule has 0 atom stereocenters. The lowest BCUT2D eigenvalue weighted by Gasteiger charge is -2.12. The zero-order chi connectivity index (χ0) is 13.2. The van der Waals surface area contributed by atoms with Gasteiger partial charge in [-0.3, -0.25) is 4.68 Å². The highest BCUT2D eigenvalue weighted by atomic mass is 15.3. The molecule has 0 aromatic carbocycles. The normalized spacial score (nSPS) is 16.3. The molecule has 1 fully saturated rings. The van der Waals surface area contributed by atoms with Crippen LogP contribution < -0.4 is 5.32 Å². The Morgan fingerprint density at radius 3 is 2.84 bits per heavy atom. The highest BCUT2D eigenvalue weighted by Crippen LogP contribution is 2.26. The summed E-state index contributed by atoms with van der Waals surface area (Å²) in [5, 5.41) is 8.03. The summed E-state index contributed by atoms with van der Waals surface area (Å²) in [6.07, 6.45) is 7.06.